The van der Waals surface area contributed by atoms with Crippen molar-refractivity contribution in [3.8, 4) is 5.75 Å². The number of carbonyl (C=O) groups excluding carboxylic acids is 1. The first-order valence-electron chi connectivity index (χ1n) is 7.52. The molecule has 0 radical (unpaired) electrons. The maximum Gasteiger partial charge on any atom is 0.412 e. The van der Waals surface area contributed by atoms with Gasteiger partial charge in [0.25, 0.3) is 0 Å². The summed E-state index contributed by atoms with van der Waals surface area (Å²) in [5.41, 5.74) is -0.0313. The molecule has 2 rings (SSSR count). The molecule has 1 aliphatic rings. The summed E-state index contributed by atoms with van der Waals surface area (Å²) in [7, 11) is 1.43. The van der Waals surface area contributed by atoms with Crippen LogP contribution in [0.25, 0.3) is 0 Å². The smallest absolute Gasteiger partial charge is 0.412 e. The zero-order valence-corrected chi connectivity index (χ0v) is 12.9. The molecule has 1 aromatic carbocycles. The highest BCUT2D eigenvalue weighted by molar-refractivity contribution is 5.77. The van der Waals surface area contributed by atoms with E-state index in [4.69, 9.17) is 9.47 Å². The first-order valence-corrected chi connectivity index (χ1v) is 7.52. The fraction of sp³-hybridized carbons (Fsp3) is 0.562. The molecular weight excluding hydrogens is 311 g/mol. The Kier molecular flexibility index (Phi) is 5.87. The predicted molar refractivity (Wildman–Crippen MR) is 78.1 cm³/mol. The van der Waals surface area contributed by atoms with Crippen molar-refractivity contribution < 1.29 is 27.4 Å². The van der Waals surface area contributed by atoms with Crippen LogP contribution in [0.1, 0.15) is 37.3 Å². The summed E-state index contributed by atoms with van der Waals surface area (Å²) in [6, 6.07) is 3.43. The van der Waals surface area contributed by atoms with Gasteiger partial charge >= 0.3 is 6.18 Å². The second kappa shape index (κ2) is 7.68. The van der Waals surface area contributed by atoms with Crippen molar-refractivity contribution in [2.24, 2.45) is 0 Å². The second-order valence-electron chi connectivity index (χ2n) is 5.51. The van der Waals surface area contributed by atoms with E-state index in [0.717, 1.165) is 12.8 Å². The highest BCUT2D eigenvalue weighted by atomic mass is 19.4. The Morgan fingerprint density at radius 2 is 2.04 bits per heavy atom. The predicted octanol–water partition coefficient (Wildman–Crippen LogP) is 3.37. The van der Waals surface area contributed by atoms with Gasteiger partial charge in [-0.05, 0) is 37.0 Å². The van der Waals surface area contributed by atoms with Crippen molar-refractivity contribution in [2.45, 2.75) is 44.0 Å². The van der Waals surface area contributed by atoms with Crippen LogP contribution in [0.15, 0.2) is 24.3 Å². The number of amides is 1. The number of halogens is 3. The molecule has 1 fully saturated rings. The van der Waals surface area contributed by atoms with E-state index in [9.17, 15) is 18.0 Å². The molecule has 0 aromatic heterocycles. The van der Waals surface area contributed by atoms with E-state index in [1.807, 2.05) is 0 Å². The molecule has 7 heteroatoms. The van der Waals surface area contributed by atoms with Crippen LogP contribution in [0.4, 0.5) is 13.2 Å². The fourth-order valence-electron chi connectivity index (χ4n) is 2.55. The van der Waals surface area contributed by atoms with Crippen LogP contribution < -0.4 is 10.1 Å². The van der Waals surface area contributed by atoms with Crippen molar-refractivity contribution in [3.63, 3.8) is 0 Å². The number of rotatable bonds is 5. The van der Waals surface area contributed by atoms with Crippen LogP contribution in [0, 0.1) is 0 Å². The molecule has 1 aliphatic heterocycles. The summed E-state index contributed by atoms with van der Waals surface area (Å²) in [5, 5.41) is 2.07. The van der Waals surface area contributed by atoms with E-state index in [-0.39, 0.29) is 18.1 Å². The summed E-state index contributed by atoms with van der Waals surface area (Å²) in [4.78, 5) is 11.9. The molecule has 0 spiro atoms. The Hall–Kier alpha value is -1.76. The van der Waals surface area contributed by atoms with Gasteiger partial charge in [0, 0.05) is 6.61 Å². The summed E-state index contributed by atoms with van der Waals surface area (Å²) in [6.45, 7) is 0.555. The molecule has 23 heavy (non-hydrogen) atoms. The van der Waals surface area contributed by atoms with E-state index in [1.54, 1.807) is 0 Å². The standard InChI is InChI=1S/C16H20F3NO3/c1-22-12-7-5-11(6-8-12)15(16(17,18)19)20-14(21)10-13-4-2-3-9-23-13/h5-8,13,15H,2-4,9-10H2,1H3,(H,20,21)/t13-,15-/m1/s1. The molecule has 0 saturated carbocycles. The minimum Gasteiger partial charge on any atom is -0.497 e. The molecule has 0 bridgehead atoms. The molecule has 1 amide bonds. The molecule has 1 aromatic rings. The lowest BCUT2D eigenvalue weighted by atomic mass is 10.0. The van der Waals surface area contributed by atoms with Crippen molar-refractivity contribution in [2.75, 3.05) is 13.7 Å². The quantitative estimate of drug-likeness (QED) is 0.900. The zero-order valence-electron chi connectivity index (χ0n) is 12.9. The Labute approximate surface area is 133 Å². The molecule has 4 nitrogen and oxygen atoms in total. The van der Waals surface area contributed by atoms with Crippen LogP contribution in [0.2, 0.25) is 0 Å². The average Bonchev–Trinajstić information content (AvgIpc) is 2.53. The third-order valence-electron chi connectivity index (χ3n) is 3.77. The van der Waals surface area contributed by atoms with E-state index >= 15 is 0 Å². The summed E-state index contributed by atoms with van der Waals surface area (Å²) >= 11 is 0. The van der Waals surface area contributed by atoms with E-state index in [0.29, 0.717) is 18.8 Å². The molecule has 1 heterocycles. The highest BCUT2D eigenvalue weighted by Crippen LogP contribution is 2.33. The van der Waals surface area contributed by atoms with E-state index in [1.165, 1.54) is 31.4 Å². The van der Waals surface area contributed by atoms with Crippen molar-refractivity contribution in [1.29, 1.82) is 0 Å². The first kappa shape index (κ1) is 17.6. The molecule has 2 atom stereocenters. The summed E-state index contributed by atoms with van der Waals surface area (Å²) in [5.74, 6) is -0.202. The number of hydrogen-bond donors (Lipinski definition) is 1. The largest absolute Gasteiger partial charge is 0.497 e. The molecular formula is C16H20F3NO3. The highest BCUT2D eigenvalue weighted by Gasteiger charge is 2.42. The Bertz CT molecular complexity index is 510. The first-order chi connectivity index (χ1) is 10.9. The second-order valence-corrected chi connectivity index (χ2v) is 5.51. The van der Waals surface area contributed by atoms with Crippen molar-refractivity contribution in [1.82, 2.24) is 5.32 Å². The zero-order chi connectivity index (χ0) is 16.9. The van der Waals surface area contributed by atoms with E-state index in [2.05, 4.69) is 5.32 Å². The number of hydrogen-bond acceptors (Lipinski definition) is 3. The van der Waals surface area contributed by atoms with Crippen LogP contribution in [-0.2, 0) is 9.53 Å². The molecule has 1 saturated heterocycles. The Balaban J connectivity index is 2.04. The third kappa shape index (κ3) is 5.13. The number of ether oxygens (including phenoxy) is 2. The van der Waals surface area contributed by atoms with Gasteiger partial charge in [-0.2, -0.15) is 13.2 Å². The number of nitrogens with one attached hydrogen (secondary N) is 1. The Morgan fingerprint density at radius 1 is 1.35 bits per heavy atom. The average molecular weight is 331 g/mol. The third-order valence-corrected chi connectivity index (χ3v) is 3.77. The normalized spacial score (nSPS) is 19.9. The molecule has 128 valence electrons. The van der Waals surface area contributed by atoms with Gasteiger partial charge < -0.3 is 14.8 Å². The molecule has 1 N–H and O–H groups in total. The number of alkyl halides is 3. The lowest BCUT2D eigenvalue weighted by Crippen LogP contribution is -2.40. The van der Waals surface area contributed by atoms with Gasteiger partial charge in [-0.15, -0.1) is 0 Å². The topological polar surface area (TPSA) is 47.6 Å². The van der Waals surface area contributed by atoms with Gasteiger partial charge in [-0.25, -0.2) is 0 Å². The monoisotopic (exact) mass is 331 g/mol. The lowest BCUT2D eigenvalue weighted by Gasteiger charge is -2.25. The van der Waals surface area contributed by atoms with Gasteiger partial charge in [-0.3, -0.25) is 4.79 Å². The number of benzene rings is 1. The van der Waals surface area contributed by atoms with Gasteiger partial charge in [0.15, 0.2) is 6.04 Å². The van der Waals surface area contributed by atoms with Crippen LogP contribution in [0.3, 0.4) is 0 Å². The van der Waals surface area contributed by atoms with Crippen LogP contribution in [-0.4, -0.2) is 31.9 Å². The van der Waals surface area contributed by atoms with Crippen LogP contribution in [0.5, 0.6) is 5.75 Å². The SMILES string of the molecule is COc1ccc([C@@H](NC(=O)C[C@H]2CCCCO2)C(F)(F)F)cc1. The number of carbonyl (C=O) groups is 1. The molecule has 0 aliphatic carbocycles. The van der Waals surface area contributed by atoms with Gasteiger partial charge in [0.05, 0.1) is 19.6 Å². The van der Waals surface area contributed by atoms with Crippen LogP contribution >= 0.6 is 0 Å². The van der Waals surface area contributed by atoms with Gasteiger partial charge in [-0.1, -0.05) is 12.1 Å². The van der Waals surface area contributed by atoms with Gasteiger partial charge in [0.1, 0.15) is 5.75 Å². The summed E-state index contributed by atoms with van der Waals surface area (Å²) in [6.07, 6.45) is -2.37. The van der Waals surface area contributed by atoms with Gasteiger partial charge in [0.2, 0.25) is 5.91 Å². The van der Waals surface area contributed by atoms with Crippen molar-refractivity contribution >= 4 is 5.91 Å². The minimum absolute atomic E-state index is 0.0313. The van der Waals surface area contributed by atoms with Crippen molar-refractivity contribution in [3.05, 3.63) is 29.8 Å². The van der Waals surface area contributed by atoms with E-state index < -0.39 is 18.1 Å². The maximum atomic E-state index is 13.2. The maximum absolute atomic E-state index is 13.2. The number of methoxy groups -OCH3 is 1. The summed E-state index contributed by atoms with van der Waals surface area (Å²) < 4.78 is 50.1. The molecule has 0 unspecified atom stereocenters. The fourth-order valence-corrected chi connectivity index (χ4v) is 2.55. The lowest BCUT2D eigenvalue weighted by molar-refractivity contribution is -0.164. The minimum atomic E-state index is -4.57. The Morgan fingerprint density at radius 3 is 2.57 bits per heavy atom.